The number of carbonyl (C=O) groups excluding carboxylic acids is 2. The van der Waals surface area contributed by atoms with Gasteiger partial charge in [0.05, 0.1) is 6.61 Å². The van der Waals surface area contributed by atoms with Crippen LogP contribution in [-0.2, 0) is 19.1 Å². The summed E-state index contributed by atoms with van der Waals surface area (Å²) in [5.41, 5.74) is -2.55. The number of hydrogen-bond donors (Lipinski definition) is 5. The van der Waals surface area contributed by atoms with E-state index in [0.29, 0.717) is 18.8 Å². The van der Waals surface area contributed by atoms with E-state index in [4.69, 9.17) is 9.47 Å². The Hall–Kier alpha value is -1.26. The molecule has 4 bridgehead atoms. The molecule has 55 heavy (non-hydrogen) atoms. The number of esters is 2. The third kappa shape index (κ3) is 7.48. The van der Waals surface area contributed by atoms with Crippen LogP contribution in [0.25, 0.3) is 0 Å². The molecular formula is C46H78O9. The first-order chi connectivity index (χ1) is 26.2. The van der Waals surface area contributed by atoms with Gasteiger partial charge in [0.1, 0.15) is 0 Å². The lowest BCUT2D eigenvalue weighted by Gasteiger charge is -2.63. The Labute approximate surface area is 332 Å². The predicted octanol–water partition coefficient (Wildman–Crippen LogP) is 9.28. The molecule has 10 fully saturated rings. The van der Waals surface area contributed by atoms with Gasteiger partial charge >= 0.3 is 17.7 Å². The van der Waals surface area contributed by atoms with E-state index in [0.717, 1.165) is 64.2 Å². The van der Waals surface area contributed by atoms with Crippen LogP contribution in [0, 0.1) is 33.0 Å². The van der Waals surface area contributed by atoms with Crippen LogP contribution in [0.4, 0.5) is 0 Å². The number of ether oxygens (including phenoxy) is 2. The van der Waals surface area contributed by atoms with E-state index in [-0.39, 0.29) is 36.7 Å². The summed E-state index contributed by atoms with van der Waals surface area (Å²) in [4.78, 5) is 26.6. The van der Waals surface area contributed by atoms with Gasteiger partial charge in [-0.15, -0.1) is 0 Å². The maximum Gasteiger partial charge on any atom is 0.386 e. The van der Waals surface area contributed by atoms with Crippen molar-refractivity contribution in [2.75, 3.05) is 6.61 Å². The average Bonchev–Trinajstić information content (AvgIpc) is 3.90. The summed E-state index contributed by atoms with van der Waals surface area (Å²) >= 11 is 0. The molecule has 9 nitrogen and oxygen atoms in total. The minimum absolute atomic E-state index is 0.0911. The molecule has 0 amide bonds. The Morgan fingerprint density at radius 2 is 1.02 bits per heavy atom. The normalized spacial score (nSPS) is 37.2. The second-order valence-electron chi connectivity index (χ2n) is 20.3. The average molecular weight is 775 g/mol. The molecule has 9 heteroatoms. The number of fused-ring (bicyclic) bond motifs is 6. The number of aliphatic hydroxyl groups is 5. The monoisotopic (exact) mass is 775 g/mol. The highest BCUT2D eigenvalue weighted by molar-refractivity contribution is 5.83. The Morgan fingerprint density at radius 1 is 0.582 bits per heavy atom. The van der Waals surface area contributed by atoms with Crippen molar-refractivity contribution in [2.24, 2.45) is 33.0 Å². The maximum atomic E-state index is 13.4. The lowest BCUT2D eigenvalue weighted by molar-refractivity contribution is -0.480. The molecule has 1 spiro atoms. The van der Waals surface area contributed by atoms with Crippen molar-refractivity contribution >= 4 is 11.9 Å². The quantitative estimate of drug-likeness (QED) is 0.0329. The fourth-order valence-corrected chi connectivity index (χ4v) is 14.2. The van der Waals surface area contributed by atoms with Gasteiger partial charge < -0.3 is 35.0 Å². The summed E-state index contributed by atoms with van der Waals surface area (Å²) in [7, 11) is 0. The highest BCUT2D eigenvalue weighted by Crippen LogP contribution is 2.98. The van der Waals surface area contributed by atoms with Crippen molar-refractivity contribution in [3.63, 3.8) is 0 Å². The minimum Gasteiger partial charge on any atom is -0.460 e. The van der Waals surface area contributed by atoms with Crippen LogP contribution in [0.15, 0.2) is 0 Å². The molecule has 8 aliphatic carbocycles. The second kappa shape index (κ2) is 17.1. The largest absolute Gasteiger partial charge is 0.460 e. The minimum atomic E-state index is -3.91. The SMILES string of the molecule is CCCCCCCCCCCCCCCCCC(=O)OC1(O)C(=O)OCC23CC4(CC56CC(CCCCCCCCCC)C4(C5)C6)C(C2)(C3)C(O)(O)C1(O)O. The Bertz CT molecular complexity index is 1300. The molecular weight excluding hydrogens is 696 g/mol. The van der Waals surface area contributed by atoms with E-state index in [1.807, 2.05) is 0 Å². The lowest BCUT2D eigenvalue weighted by Crippen LogP contribution is -2.79. The van der Waals surface area contributed by atoms with Crippen LogP contribution in [0.3, 0.4) is 0 Å². The zero-order valence-electron chi connectivity index (χ0n) is 34.8. The lowest BCUT2D eigenvalue weighted by atomic mass is 9.44. The zero-order chi connectivity index (χ0) is 39.5. The highest BCUT2D eigenvalue weighted by Gasteiger charge is 2.95. The molecule has 10 rings (SSSR count). The van der Waals surface area contributed by atoms with E-state index < -0.39 is 45.5 Å². The van der Waals surface area contributed by atoms with Crippen molar-refractivity contribution in [1.29, 1.82) is 0 Å². The number of hydrogen-bond acceptors (Lipinski definition) is 9. The smallest absolute Gasteiger partial charge is 0.386 e. The van der Waals surface area contributed by atoms with Gasteiger partial charge in [0, 0.05) is 17.3 Å². The number of unbranched alkanes of at least 4 members (excludes halogenated alkanes) is 21. The molecule has 316 valence electrons. The molecule has 10 aliphatic rings. The zero-order valence-corrected chi connectivity index (χ0v) is 34.8. The molecule has 3 unspecified atom stereocenters. The molecule has 3 atom stereocenters. The van der Waals surface area contributed by atoms with Crippen molar-refractivity contribution in [3.8, 4) is 0 Å². The van der Waals surface area contributed by atoms with Gasteiger partial charge in [0.2, 0.25) is 5.79 Å². The topological polar surface area (TPSA) is 154 Å². The maximum absolute atomic E-state index is 13.4. The van der Waals surface area contributed by atoms with Crippen LogP contribution in [-0.4, -0.2) is 61.4 Å². The van der Waals surface area contributed by atoms with Crippen LogP contribution in [0.1, 0.15) is 219 Å². The summed E-state index contributed by atoms with van der Waals surface area (Å²) in [5.74, 6) is -13.1. The first kappa shape index (κ1) is 43.3. The summed E-state index contributed by atoms with van der Waals surface area (Å²) in [6.45, 7) is 4.39. The van der Waals surface area contributed by atoms with E-state index in [1.165, 1.54) is 109 Å². The Morgan fingerprint density at radius 3 is 1.51 bits per heavy atom. The third-order valence-corrected chi connectivity index (χ3v) is 16.5. The van der Waals surface area contributed by atoms with Crippen LogP contribution < -0.4 is 0 Å². The molecule has 8 saturated carbocycles. The van der Waals surface area contributed by atoms with E-state index in [2.05, 4.69) is 13.8 Å². The summed E-state index contributed by atoms with van der Waals surface area (Å²) in [5, 5.41) is 59.6. The summed E-state index contributed by atoms with van der Waals surface area (Å²) in [6.07, 6.45) is 33.5. The Kier molecular flexibility index (Phi) is 13.5. The van der Waals surface area contributed by atoms with Crippen molar-refractivity contribution in [2.45, 2.75) is 237 Å². The third-order valence-electron chi connectivity index (χ3n) is 16.5. The van der Waals surface area contributed by atoms with Crippen LogP contribution in [0.5, 0.6) is 0 Å². The Balaban J connectivity index is 1.01. The first-order valence-electron chi connectivity index (χ1n) is 23.3. The van der Waals surface area contributed by atoms with Gasteiger partial charge in [0.15, 0.2) is 0 Å². The second-order valence-corrected chi connectivity index (χ2v) is 20.3. The highest BCUT2D eigenvalue weighted by atomic mass is 16.7. The molecule has 0 aromatic carbocycles. The molecule has 2 saturated heterocycles. The fourth-order valence-electron chi connectivity index (χ4n) is 14.2. The van der Waals surface area contributed by atoms with E-state index in [9.17, 15) is 35.1 Å². The fraction of sp³-hybridized carbons (Fsp3) is 0.957. The van der Waals surface area contributed by atoms with Gasteiger partial charge in [-0.05, 0) is 80.0 Å². The molecule has 2 aliphatic heterocycles. The predicted molar refractivity (Wildman–Crippen MR) is 211 cm³/mol. The molecule has 0 aromatic rings. The molecule has 0 aromatic heterocycles. The molecule has 2 heterocycles. The van der Waals surface area contributed by atoms with Gasteiger partial charge in [0.25, 0.3) is 5.79 Å². The van der Waals surface area contributed by atoms with Crippen LogP contribution >= 0.6 is 0 Å². The molecule has 5 N–H and O–H groups in total. The molecule has 0 radical (unpaired) electrons. The van der Waals surface area contributed by atoms with Gasteiger partial charge in [-0.25, -0.2) is 4.79 Å². The van der Waals surface area contributed by atoms with E-state index in [1.54, 1.807) is 0 Å². The van der Waals surface area contributed by atoms with Gasteiger partial charge in [-0.3, -0.25) is 4.79 Å². The first-order valence-corrected chi connectivity index (χ1v) is 23.3. The van der Waals surface area contributed by atoms with Crippen molar-refractivity contribution in [3.05, 3.63) is 0 Å². The van der Waals surface area contributed by atoms with Gasteiger partial charge in [-0.1, -0.05) is 155 Å². The number of rotatable bonds is 26. The summed E-state index contributed by atoms with van der Waals surface area (Å²) in [6, 6.07) is 0. The van der Waals surface area contributed by atoms with Crippen LogP contribution in [0.2, 0.25) is 0 Å². The standard InChI is InChI=1S/C46H78O9/c1-3-5-7-9-11-13-14-15-16-17-18-19-21-23-25-27-37(47)55-44(49)38(48)54-35-40-32-42(43(33-40,34-40)45(50,51)46(44,52)53)31-39-28-36(41(42,29-39)30-39)26-24-22-20-12-10-8-6-4-2/h36,49-53H,3-35H2,1-2H3. The van der Waals surface area contributed by atoms with Crippen molar-refractivity contribution < 1.29 is 44.6 Å². The summed E-state index contributed by atoms with van der Waals surface area (Å²) < 4.78 is 10.8. The number of carbonyl (C=O) groups is 2. The van der Waals surface area contributed by atoms with Crippen molar-refractivity contribution in [1.82, 2.24) is 0 Å². The van der Waals surface area contributed by atoms with Gasteiger partial charge in [-0.2, -0.15) is 0 Å². The van der Waals surface area contributed by atoms with E-state index >= 15 is 0 Å².